The average molecular weight is 442 g/mol. The van der Waals surface area contributed by atoms with E-state index in [0.29, 0.717) is 25.3 Å². The Bertz CT molecular complexity index is 926. The number of hydrogen-bond donors (Lipinski definition) is 1. The molecule has 1 aliphatic carbocycles. The largest absolute Gasteiger partial charge is 0.354 e. The summed E-state index contributed by atoms with van der Waals surface area (Å²) < 4.78 is 1.67. The summed E-state index contributed by atoms with van der Waals surface area (Å²) in [6.45, 7) is 3.89. The Morgan fingerprint density at radius 1 is 1.19 bits per heavy atom. The highest BCUT2D eigenvalue weighted by molar-refractivity contribution is 7.13. The number of carbonyl (C=O) groups is 2. The van der Waals surface area contributed by atoms with Crippen LogP contribution in [-0.2, 0) is 11.3 Å². The molecular formula is C23H31N5O2S. The molecule has 2 amide bonds. The predicted molar refractivity (Wildman–Crippen MR) is 123 cm³/mol. The lowest BCUT2D eigenvalue weighted by molar-refractivity contribution is -0.121. The molecular weight excluding hydrogens is 410 g/mol. The Hall–Kier alpha value is -2.45. The standard InChI is InChI=1S/C23H31N5O2S/c1-26-11-13-27(14-12-26)23(30)19-16-20(21-8-5-15-31-21)28(25-19)17-22(29)24-10-9-18-6-3-2-4-7-18/h5-6,8,15-16H,2-4,7,9-14,17H2,1H3,(H,24,29). The van der Waals surface area contributed by atoms with E-state index in [0.717, 1.165) is 42.9 Å². The summed E-state index contributed by atoms with van der Waals surface area (Å²) in [6.07, 6.45) is 8.06. The van der Waals surface area contributed by atoms with Crippen molar-refractivity contribution in [2.75, 3.05) is 39.8 Å². The molecule has 0 radical (unpaired) electrons. The van der Waals surface area contributed by atoms with Gasteiger partial charge >= 0.3 is 0 Å². The van der Waals surface area contributed by atoms with Crippen LogP contribution in [0.5, 0.6) is 0 Å². The van der Waals surface area contributed by atoms with E-state index >= 15 is 0 Å². The number of carbonyl (C=O) groups excluding carboxylic acids is 2. The number of allylic oxidation sites excluding steroid dienone is 1. The van der Waals surface area contributed by atoms with Gasteiger partial charge in [0.15, 0.2) is 5.69 Å². The SMILES string of the molecule is CN1CCN(C(=O)c2cc(-c3cccs3)n(CC(=O)NCCC3=CCCCC3)n2)CC1. The van der Waals surface area contributed by atoms with Gasteiger partial charge < -0.3 is 15.1 Å². The number of hydrogen-bond acceptors (Lipinski definition) is 5. The van der Waals surface area contributed by atoms with E-state index in [1.54, 1.807) is 16.0 Å². The van der Waals surface area contributed by atoms with Crippen LogP contribution in [0.3, 0.4) is 0 Å². The van der Waals surface area contributed by atoms with Gasteiger partial charge in [0.25, 0.3) is 5.91 Å². The summed E-state index contributed by atoms with van der Waals surface area (Å²) >= 11 is 1.58. The first-order chi connectivity index (χ1) is 15.1. The van der Waals surface area contributed by atoms with Crippen molar-refractivity contribution in [3.63, 3.8) is 0 Å². The lowest BCUT2D eigenvalue weighted by Crippen LogP contribution is -2.47. The van der Waals surface area contributed by atoms with E-state index in [1.165, 1.54) is 18.4 Å². The number of nitrogens with zero attached hydrogens (tertiary/aromatic N) is 4. The third-order valence-electron chi connectivity index (χ3n) is 6.01. The molecule has 0 saturated carbocycles. The zero-order valence-electron chi connectivity index (χ0n) is 18.2. The molecule has 31 heavy (non-hydrogen) atoms. The number of likely N-dealkylation sites (N-methyl/N-ethyl adjacent to an activating group) is 1. The molecule has 1 fully saturated rings. The molecule has 166 valence electrons. The van der Waals surface area contributed by atoms with Crippen LogP contribution in [0, 0.1) is 0 Å². The molecule has 0 bridgehead atoms. The maximum absolute atomic E-state index is 13.0. The summed E-state index contributed by atoms with van der Waals surface area (Å²) in [4.78, 5) is 30.7. The van der Waals surface area contributed by atoms with Gasteiger partial charge in [-0.25, -0.2) is 0 Å². The van der Waals surface area contributed by atoms with Crippen LogP contribution in [0.4, 0.5) is 0 Å². The summed E-state index contributed by atoms with van der Waals surface area (Å²) in [5.41, 5.74) is 2.68. The zero-order chi connectivity index (χ0) is 21.6. The minimum atomic E-state index is -0.0732. The fourth-order valence-corrected chi connectivity index (χ4v) is 4.87. The number of rotatable bonds is 7. The summed E-state index contributed by atoms with van der Waals surface area (Å²) in [5, 5.41) is 9.56. The molecule has 1 saturated heterocycles. The molecule has 0 atom stereocenters. The Balaban J connectivity index is 1.42. The van der Waals surface area contributed by atoms with Crippen LogP contribution in [0.1, 0.15) is 42.6 Å². The summed E-state index contributed by atoms with van der Waals surface area (Å²) in [7, 11) is 2.06. The van der Waals surface area contributed by atoms with Gasteiger partial charge in [0.2, 0.25) is 5.91 Å². The molecule has 2 aromatic heterocycles. The van der Waals surface area contributed by atoms with Gasteiger partial charge in [-0.2, -0.15) is 5.10 Å². The third-order valence-corrected chi connectivity index (χ3v) is 6.90. The average Bonchev–Trinajstić information content (AvgIpc) is 3.44. The Morgan fingerprint density at radius 3 is 2.74 bits per heavy atom. The van der Waals surface area contributed by atoms with E-state index in [9.17, 15) is 9.59 Å². The number of thiophene rings is 1. The molecule has 1 aliphatic heterocycles. The first-order valence-corrected chi connectivity index (χ1v) is 12.0. The van der Waals surface area contributed by atoms with E-state index in [2.05, 4.69) is 28.4 Å². The Labute approximate surface area is 187 Å². The molecule has 4 rings (SSSR count). The molecule has 2 aromatic rings. The molecule has 3 heterocycles. The molecule has 8 heteroatoms. The predicted octanol–water partition coefficient (Wildman–Crippen LogP) is 3.01. The van der Waals surface area contributed by atoms with Crippen LogP contribution in [0.15, 0.2) is 35.2 Å². The lowest BCUT2D eigenvalue weighted by atomic mass is 9.97. The van der Waals surface area contributed by atoms with Gasteiger partial charge in [-0.05, 0) is 56.7 Å². The Kier molecular flexibility index (Phi) is 7.19. The number of amides is 2. The minimum Gasteiger partial charge on any atom is -0.354 e. The second kappa shape index (κ2) is 10.2. The summed E-state index contributed by atoms with van der Waals surface area (Å²) in [6, 6.07) is 5.79. The van der Waals surface area contributed by atoms with Crippen molar-refractivity contribution in [2.24, 2.45) is 0 Å². The van der Waals surface area contributed by atoms with Crippen LogP contribution in [-0.4, -0.2) is 71.2 Å². The zero-order valence-corrected chi connectivity index (χ0v) is 19.0. The van der Waals surface area contributed by atoms with Crippen LogP contribution < -0.4 is 5.32 Å². The van der Waals surface area contributed by atoms with Crippen molar-refractivity contribution in [1.29, 1.82) is 0 Å². The smallest absolute Gasteiger partial charge is 0.274 e. The second-order valence-electron chi connectivity index (χ2n) is 8.35. The van der Waals surface area contributed by atoms with E-state index in [-0.39, 0.29) is 18.4 Å². The molecule has 0 aromatic carbocycles. The monoisotopic (exact) mass is 441 g/mol. The van der Waals surface area contributed by atoms with Gasteiger partial charge in [0, 0.05) is 32.7 Å². The number of piperazine rings is 1. The van der Waals surface area contributed by atoms with Gasteiger partial charge in [-0.1, -0.05) is 17.7 Å². The number of aromatic nitrogens is 2. The third kappa shape index (κ3) is 5.62. The molecule has 1 N–H and O–H groups in total. The van der Waals surface area contributed by atoms with Crippen molar-refractivity contribution in [2.45, 2.75) is 38.6 Å². The molecule has 2 aliphatic rings. The van der Waals surface area contributed by atoms with Gasteiger partial charge in [-0.3, -0.25) is 14.3 Å². The van der Waals surface area contributed by atoms with Gasteiger partial charge in [0.05, 0.1) is 10.6 Å². The van der Waals surface area contributed by atoms with E-state index < -0.39 is 0 Å². The lowest BCUT2D eigenvalue weighted by Gasteiger charge is -2.31. The van der Waals surface area contributed by atoms with Crippen LogP contribution >= 0.6 is 11.3 Å². The maximum Gasteiger partial charge on any atom is 0.274 e. The van der Waals surface area contributed by atoms with Crippen LogP contribution in [0.2, 0.25) is 0 Å². The highest BCUT2D eigenvalue weighted by Gasteiger charge is 2.24. The highest BCUT2D eigenvalue weighted by Crippen LogP contribution is 2.26. The number of nitrogens with one attached hydrogen (secondary N) is 1. The normalized spacial score (nSPS) is 17.5. The first kappa shape index (κ1) is 21.8. The Morgan fingerprint density at radius 2 is 2.03 bits per heavy atom. The second-order valence-corrected chi connectivity index (χ2v) is 9.30. The molecule has 0 spiro atoms. The van der Waals surface area contributed by atoms with Gasteiger partial charge in [-0.15, -0.1) is 11.3 Å². The first-order valence-electron chi connectivity index (χ1n) is 11.1. The summed E-state index contributed by atoms with van der Waals surface area (Å²) in [5.74, 6) is -0.134. The fourth-order valence-electron chi connectivity index (χ4n) is 4.12. The van der Waals surface area contributed by atoms with Gasteiger partial charge in [0.1, 0.15) is 6.54 Å². The van der Waals surface area contributed by atoms with Crippen molar-refractivity contribution < 1.29 is 9.59 Å². The fraction of sp³-hybridized carbons (Fsp3) is 0.522. The van der Waals surface area contributed by atoms with Crippen molar-refractivity contribution in [3.8, 4) is 10.6 Å². The minimum absolute atomic E-state index is 0.0608. The maximum atomic E-state index is 13.0. The van der Waals surface area contributed by atoms with E-state index in [4.69, 9.17) is 0 Å². The van der Waals surface area contributed by atoms with Crippen molar-refractivity contribution in [3.05, 3.63) is 40.9 Å². The van der Waals surface area contributed by atoms with Crippen molar-refractivity contribution in [1.82, 2.24) is 24.9 Å². The highest BCUT2D eigenvalue weighted by atomic mass is 32.1. The van der Waals surface area contributed by atoms with Crippen LogP contribution in [0.25, 0.3) is 10.6 Å². The molecule has 7 nitrogen and oxygen atoms in total. The molecule has 0 unspecified atom stereocenters. The topological polar surface area (TPSA) is 70.5 Å². The van der Waals surface area contributed by atoms with E-state index in [1.807, 2.05) is 28.5 Å². The van der Waals surface area contributed by atoms with Crippen molar-refractivity contribution >= 4 is 23.2 Å². The quantitative estimate of drug-likeness (QED) is 0.671.